The summed E-state index contributed by atoms with van der Waals surface area (Å²) in [5.41, 5.74) is 0.593. The van der Waals surface area contributed by atoms with Crippen molar-refractivity contribution < 1.29 is 24.2 Å². The molecule has 21 heavy (non-hydrogen) atoms. The fraction of sp³-hybridized carbons (Fsp3) is 0.267. The third kappa shape index (κ3) is 1.48. The predicted octanol–water partition coefficient (Wildman–Crippen LogP) is 0.584. The molecule has 2 amide bonds. The SMILES string of the molecule is O=C(O)C1=C[C@@H]2O[C@H]1[C@@H]1C(=O)N(c3ccccc3)C(=O)[C@@H]12. The van der Waals surface area contributed by atoms with Crippen LogP contribution in [0.2, 0.25) is 0 Å². The summed E-state index contributed by atoms with van der Waals surface area (Å²) in [5.74, 6) is -3.12. The molecule has 4 rings (SSSR count). The Morgan fingerprint density at radius 3 is 2.43 bits per heavy atom. The summed E-state index contributed by atoms with van der Waals surface area (Å²) in [7, 11) is 0. The van der Waals surface area contributed by atoms with Gasteiger partial charge in [0.15, 0.2) is 0 Å². The minimum Gasteiger partial charge on any atom is -0.478 e. The molecule has 3 aliphatic heterocycles. The Labute approximate surface area is 119 Å². The molecule has 3 aliphatic rings. The second kappa shape index (κ2) is 4.02. The molecule has 1 aromatic carbocycles. The number of carboxylic acid groups (broad SMARTS) is 1. The maximum absolute atomic E-state index is 12.6. The number of carbonyl (C=O) groups is 3. The Balaban J connectivity index is 1.74. The van der Waals surface area contributed by atoms with E-state index in [1.165, 1.54) is 6.08 Å². The first-order valence-corrected chi connectivity index (χ1v) is 6.63. The highest BCUT2D eigenvalue weighted by molar-refractivity contribution is 6.23. The van der Waals surface area contributed by atoms with Crippen LogP contribution in [0, 0.1) is 11.8 Å². The molecule has 0 aliphatic carbocycles. The summed E-state index contributed by atoms with van der Waals surface area (Å²) >= 11 is 0. The molecule has 0 saturated carbocycles. The van der Waals surface area contributed by atoms with Crippen molar-refractivity contribution in [3.8, 4) is 0 Å². The Morgan fingerprint density at radius 1 is 1.10 bits per heavy atom. The lowest BCUT2D eigenvalue weighted by atomic mass is 9.81. The lowest BCUT2D eigenvalue weighted by molar-refractivity contribution is -0.134. The highest BCUT2D eigenvalue weighted by Crippen LogP contribution is 2.48. The van der Waals surface area contributed by atoms with Crippen molar-refractivity contribution in [3.05, 3.63) is 42.0 Å². The van der Waals surface area contributed by atoms with Crippen LogP contribution in [0.5, 0.6) is 0 Å². The molecule has 3 heterocycles. The number of fused-ring (bicyclic) bond motifs is 5. The van der Waals surface area contributed by atoms with Crippen molar-refractivity contribution in [2.24, 2.45) is 11.8 Å². The largest absolute Gasteiger partial charge is 0.478 e. The normalized spacial score (nSPS) is 33.3. The van der Waals surface area contributed by atoms with Crippen LogP contribution in [0.4, 0.5) is 5.69 Å². The second-order valence-corrected chi connectivity index (χ2v) is 5.35. The Hall–Kier alpha value is -2.47. The maximum Gasteiger partial charge on any atom is 0.334 e. The summed E-state index contributed by atoms with van der Waals surface area (Å²) in [6.07, 6.45) is 0.0207. The van der Waals surface area contributed by atoms with Gasteiger partial charge in [-0.2, -0.15) is 0 Å². The first-order chi connectivity index (χ1) is 10.1. The average Bonchev–Trinajstić information content (AvgIpc) is 3.12. The Morgan fingerprint density at radius 2 is 1.76 bits per heavy atom. The first kappa shape index (κ1) is 12.3. The van der Waals surface area contributed by atoms with Crippen LogP contribution in [0.3, 0.4) is 0 Å². The van der Waals surface area contributed by atoms with E-state index in [-0.39, 0.29) is 17.4 Å². The van der Waals surface area contributed by atoms with Crippen molar-refractivity contribution in [1.82, 2.24) is 0 Å². The van der Waals surface area contributed by atoms with Crippen molar-refractivity contribution >= 4 is 23.5 Å². The van der Waals surface area contributed by atoms with Crippen LogP contribution in [0.25, 0.3) is 0 Å². The summed E-state index contributed by atoms with van der Waals surface area (Å²) in [6, 6.07) is 8.66. The van der Waals surface area contributed by atoms with Crippen molar-refractivity contribution in [1.29, 1.82) is 0 Å². The highest BCUT2D eigenvalue weighted by Gasteiger charge is 2.64. The van der Waals surface area contributed by atoms with E-state index in [9.17, 15) is 14.4 Å². The van der Waals surface area contributed by atoms with E-state index in [4.69, 9.17) is 9.84 Å². The van der Waals surface area contributed by atoms with Crippen LogP contribution in [-0.4, -0.2) is 35.1 Å². The lowest BCUT2D eigenvalue weighted by Crippen LogP contribution is -2.35. The van der Waals surface area contributed by atoms with Crippen LogP contribution in [-0.2, 0) is 19.1 Å². The second-order valence-electron chi connectivity index (χ2n) is 5.35. The number of ether oxygens (including phenoxy) is 1. The van der Waals surface area contributed by atoms with E-state index in [2.05, 4.69) is 0 Å². The number of carbonyl (C=O) groups excluding carboxylic acids is 2. The van der Waals surface area contributed by atoms with Gasteiger partial charge >= 0.3 is 5.97 Å². The fourth-order valence-corrected chi connectivity index (χ4v) is 3.42. The topological polar surface area (TPSA) is 83.9 Å². The van der Waals surface area contributed by atoms with E-state index in [1.54, 1.807) is 30.3 Å². The number of anilines is 1. The molecule has 2 saturated heterocycles. The highest BCUT2D eigenvalue weighted by atomic mass is 16.5. The van der Waals surface area contributed by atoms with Crippen LogP contribution < -0.4 is 4.90 Å². The van der Waals surface area contributed by atoms with Gasteiger partial charge in [0.1, 0.15) is 6.10 Å². The molecule has 1 aromatic rings. The molecule has 4 atom stereocenters. The summed E-state index contributed by atoms with van der Waals surface area (Å²) in [4.78, 5) is 37.4. The number of amides is 2. The Kier molecular flexibility index (Phi) is 2.35. The summed E-state index contributed by atoms with van der Waals surface area (Å²) < 4.78 is 5.50. The molecule has 2 bridgehead atoms. The van der Waals surface area contributed by atoms with Gasteiger partial charge in [-0.25, -0.2) is 9.69 Å². The van der Waals surface area contributed by atoms with E-state index in [1.807, 2.05) is 0 Å². The molecule has 106 valence electrons. The monoisotopic (exact) mass is 285 g/mol. The van der Waals surface area contributed by atoms with Crippen molar-refractivity contribution in [3.63, 3.8) is 0 Å². The molecular formula is C15H11NO5. The lowest BCUT2D eigenvalue weighted by Gasteiger charge is -2.17. The van der Waals surface area contributed by atoms with E-state index < -0.39 is 30.0 Å². The van der Waals surface area contributed by atoms with Crippen molar-refractivity contribution in [2.75, 3.05) is 4.90 Å². The summed E-state index contributed by atoms with van der Waals surface area (Å²) in [5, 5.41) is 9.13. The van der Waals surface area contributed by atoms with Gasteiger partial charge in [0.05, 0.1) is 29.2 Å². The van der Waals surface area contributed by atoms with Gasteiger partial charge in [0.25, 0.3) is 0 Å². The number of hydrogen-bond donors (Lipinski definition) is 1. The zero-order valence-electron chi connectivity index (χ0n) is 10.8. The van der Waals surface area contributed by atoms with E-state index >= 15 is 0 Å². The van der Waals surface area contributed by atoms with E-state index in [0.29, 0.717) is 5.69 Å². The molecule has 0 unspecified atom stereocenters. The van der Waals surface area contributed by atoms with Gasteiger partial charge < -0.3 is 9.84 Å². The van der Waals surface area contributed by atoms with Crippen LogP contribution >= 0.6 is 0 Å². The minimum atomic E-state index is -1.10. The number of imide groups is 1. The minimum absolute atomic E-state index is 0.0808. The molecule has 0 aromatic heterocycles. The number of rotatable bonds is 2. The summed E-state index contributed by atoms with van der Waals surface area (Å²) in [6.45, 7) is 0. The fourth-order valence-electron chi connectivity index (χ4n) is 3.42. The number of para-hydroxylation sites is 1. The molecule has 6 heteroatoms. The molecular weight excluding hydrogens is 274 g/mol. The number of nitrogens with zero attached hydrogens (tertiary/aromatic N) is 1. The predicted molar refractivity (Wildman–Crippen MR) is 70.3 cm³/mol. The molecule has 0 spiro atoms. The van der Waals surface area contributed by atoms with Crippen LogP contribution in [0.1, 0.15) is 0 Å². The van der Waals surface area contributed by atoms with E-state index in [0.717, 1.165) is 4.90 Å². The zero-order chi connectivity index (χ0) is 14.7. The number of hydrogen-bond acceptors (Lipinski definition) is 4. The Bertz CT molecular complexity index is 695. The third-order valence-corrected chi connectivity index (χ3v) is 4.29. The number of benzene rings is 1. The quantitative estimate of drug-likeness (QED) is 0.804. The van der Waals surface area contributed by atoms with Gasteiger partial charge in [-0.05, 0) is 18.2 Å². The molecule has 0 radical (unpaired) electrons. The third-order valence-electron chi connectivity index (χ3n) is 4.29. The number of aliphatic carboxylic acids is 1. The van der Waals surface area contributed by atoms with Gasteiger partial charge in [-0.3, -0.25) is 9.59 Å². The van der Waals surface area contributed by atoms with Gasteiger partial charge in [0, 0.05) is 0 Å². The van der Waals surface area contributed by atoms with Crippen molar-refractivity contribution in [2.45, 2.75) is 12.2 Å². The molecule has 6 nitrogen and oxygen atoms in total. The molecule has 1 N–H and O–H groups in total. The number of carboxylic acids is 1. The zero-order valence-corrected chi connectivity index (χ0v) is 10.8. The van der Waals surface area contributed by atoms with Gasteiger partial charge in [0.2, 0.25) is 11.8 Å². The van der Waals surface area contributed by atoms with Gasteiger partial charge in [-0.1, -0.05) is 18.2 Å². The standard InChI is InChI=1S/C15H11NO5/c17-13-10-9-6-8(15(19)20)12(21-9)11(10)14(18)16(13)7-4-2-1-3-5-7/h1-6,9-12H,(H,19,20)/t9-,10+,11+,12+/m0/s1. The smallest absolute Gasteiger partial charge is 0.334 e. The van der Waals surface area contributed by atoms with Crippen LogP contribution in [0.15, 0.2) is 42.0 Å². The average molecular weight is 285 g/mol. The first-order valence-electron chi connectivity index (χ1n) is 6.63. The molecule has 2 fully saturated rings. The maximum atomic E-state index is 12.6. The van der Waals surface area contributed by atoms with Gasteiger partial charge in [-0.15, -0.1) is 0 Å².